The number of carbonyl (C=O) groups is 1. The van der Waals surface area contributed by atoms with E-state index in [-0.39, 0.29) is 11.4 Å². The molecule has 0 radical (unpaired) electrons. The van der Waals surface area contributed by atoms with Gasteiger partial charge in [0.05, 0.1) is 11.3 Å². The lowest BCUT2D eigenvalue weighted by Crippen LogP contribution is -2.57. The Labute approximate surface area is 119 Å². The number of hydrogen-bond donors (Lipinski definition) is 2. The van der Waals surface area contributed by atoms with Crippen LogP contribution in [0.2, 0.25) is 0 Å². The highest BCUT2D eigenvalue weighted by atomic mass is 16.2. The second-order valence-corrected chi connectivity index (χ2v) is 5.96. The van der Waals surface area contributed by atoms with E-state index in [1.165, 1.54) is 0 Å². The van der Waals surface area contributed by atoms with Crippen LogP contribution in [0.4, 0.5) is 0 Å². The molecule has 1 fully saturated rings. The largest absolute Gasteiger partial charge is 0.299 e. The van der Waals surface area contributed by atoms with Crippen molar-refractivity contribution in [3.63, 3.8) is 0 Å². The summed E-state index contributed by atoms with van der Waals surface area (Å²) in [6.45, 7) is 8.41. The first-order valence-electron chi connectivity index (χ1n) is 6.82. The number of aromatic nitrogens is 1. The van der Waals surface area contributed by atoms with Crippen molar-refractivity contribution in [3.8, 4) is 0 Å². The minimum atomic E-state index is -0.315. The monoisotopic (exact) mass is 277 g/mol. The Bertz CT molecular complexity index is 471. The smallest absolute Gasteiger partial charge is 0.266 e. The molecular formula is C14H23N5O. The number of nitrogens with zero attached hydrogens (tertiary/aromatic N) is 3. The van der Waals surface area contributed by atoms with E-state index in [1.807, 2.05) is 6.07 Å². The fourth-order valence-corrected chi connectivity index (χ4v) is 2.44. The van der Waals surface area contributed by atoms with Crippen molar-refractivity contribution in [3.05, 3.63) is 29.6 Å². The lowest BCUT2D eigenvalue weighted by Gasteiger charge is -2.45. The third-order valence-electron chi connectivity index (χ3n) is 4.00. The van der Waals surface area contributed by atoms with Gasteiger partial charge < -0.3 is 0 Å². The summed E-state index contributed by atoms with van der Waals surface area (Å²) in [5, 5.41) is 0. The average Bonchev–Trinajstić information content (AvgIpc) is 2.42. The summed E-state index contributed by atoms with van der Waals surface area (Å²) < 4.78 is 0. The van der Waals surface area contributed by atoms with Gasteiger partial charge in [-0.3, -0.25) is 25.0 Å². The van der Waals surface area contributed by atoms with Crippen molar-refractivity contribution in [2.24, 2.45) is 5.84 Å². The summed E-state index contributed by atoms with van der Waals surface area (Å²) in [6.07, 6.45) is 1.57. The molecular weight excluding hydrogens is 254 g/mol. The molecule has 2 heterocycles. The number of amides is 1. The van der Waals surface area contributed by atoms with Crippen LogP contribution in [-0.2, 0) is 6.54 Å². The van der Waals surface area contributed by atoms with Gasteiger partial charge in [0.1, 0.15) is 0 Å². The predicted octanol–water partition coefficient (Wildman–Crippen LogP) is 0.211. The second kappa shape index (κ2) is 5.87. The van der Waals surface area contributed by atoms with Crippen LogP contribution in [0.15, 0.2) is 18.3 Å². The van der Waals surface area contributed by atoms with Gasteiger partial charge in [-0.1, -0.05) is 0 Å². The molecule has 1 aliphatic heterocycles. The molecule has 2 rings (SSSR count). The van der Waals surface area contributed by atoms with E-state index in [0.717, 1.165) is 31.9 Å². The standard InChI is InChI=1S/C14H23N5O/c1-14(2)10-19(7-6-18(14)3)9-12-5-4-11(8-16-12)13(20)17-15/h4-5,8H,6-7,9-10,15H2,1-3H3,(H,17,20). The highest BCUT2D eigenvalue weighted by Crippen LogP contribution is 2.20. The lowest BCUT2D eigenvalue weighted by molar-refractivity contribution is 0.0354. The van der Waals surface area contributed by atoms with Gasteiger partial charge in [-0.2, -0.15) is 0 Å². The van der Waals surface area contributed by atoms with Gasteiger partial charge in [0.25, 0.3) is 5.91 Å². The molecule has 1 amide bonds. The van der Waals surface area contributed by atoms with Crippen LogP contribution in [-0.4, -0.2) is 52.9 Å². The first kappa shape index (κ1) is 14.9. The van der Waals surface area contributed by atoms with Crippen molar-refractivity contribution in [2.45, 2.75) is 25.9 Å². The molecule has 0 aromatic carbocycles. The molecule has 1 aromatic rings. The number of nitrogens with two attached hydrogens (primary N) is 1. The molecule has 0 atom stereocenters. The third kappa shape index (κ3) is 3.33. The van der Waals surface area contributed by atoms with Crippen LogP contribution >= 0.6 is 0 Å². The Morgan fingerprint density at radius 1 is 1.45 bits per heavy atom. The van der Waals surface area contributed by atoms with Crippen molar-refractivity contribution in [1.29, 1.82) is 0 Å². The summed E-state index contributed by atoms with van der Waals surface area (Å²) in [5.41, 5.74) is 3.73. The first-order valence-corrected chi connectivity index (χ1v) is 6.82. The lowest BCUT2D eigenvalue weighted by atomic mass is 9.99. The van der Waals surface area contributed by atoms with Crippen LogP contribution < -0.4 is 11.3 Å². The maximum absolute atomic E-state index is 11.3. The minimum Gasteiger partial charge on any atom is -0.299 e. The molecule has 3 N–H and O–H groups in total. The summed E-state index contributed by atoms with van der Waals surface area (Å²) in [7, 11) is 2.16. The van der Waals surface area contributed by atoms with E-state index in [0.29, 0.717) is 5.56 Å². The maximum Gasteiger partial charge on any atom is 0.266 e. The van der Waals surface area contributed by atoms with Gasteiger partial charge in [0.15, 0.2) is 0 Å². The number of hydrazine groups is 1. The summed E-state index contributed by atoms with van der Waals surface area (Å²) >= 11 is 0. The molecule has 1 aromatic heterocycles. The summed E-state index contributed by atoms with van der Waals surface area (Å²) in [6, 6.07) is 3.64. The van der Waals surface area contributed by atoms with Crippen LogP contribution in [0.1, 0.15) is 29.9 Å². The van der Waals surface area contributed by atoms with Crippen molar-refractivity contribution >= 4 is 5.91 Å². The highest BCUT2D eigenvalue weighted by molar-refractivity contribution is 5.93. The average molecular weight is 277 g/mol. The Morgan fingerprint density at radius 3 is 2.75 bits per heavy atom. The number of piperazine rings is 1. The molecule has 20 heavy (non-hydrogen) atoms. The zero-order valence-electron chi connectivity index (χ0n) is 12.4. The van der Waals surface area contributed by atoms with Crippen LogP contribution in [0, 0.1) is 0 Å². The van der Waals surface area contributed by atoms with E-state index >= 15 is 0 Å². The minimum absolute atomic E-state index is 0.178. The number of likely N-dealkylation sites (N-methyl/N-ethyl adjacent to an activating group) is 1. The van der Waals surface area contributed by atoms with Gasteiger partial charge in [0, 0.05) is 37.9 Å². The van der Waals surface area contributed by atoms with Gasteiger partial charge in [0.2, 0.25) is 0 Å². The molecule has 1 aliphatic rings. The van der Waals surface area contributed by atoms with Crippen LogP contribution in [0.5, 0.6) is 0 Å². The molecule has 6 heteroatoms. The summed E-state index contributed by atoms with van der Waals surface area (Å²) in [4.78, 5) is 20.5. The molecule has 0 bridgehead atoms. The Kier molecular flexibility index (Phi) is 4.37. The van der Waals surface area contributed by atoms with E-state index in [2.05, 4.69) is 41.1 Å². The quantitative estimate of drug-likeness (QED) is 0.469. The SMILES string of the molecule is CN1CCN(Cc2ccc(C(=O)NN)cn2)CC1(C)C. The third-order valence-corrected chi connectivity index (χ3v) is 4.00. The van der Waals surface area contributed by atoms with Crippen LogP contribution in [0.3, 0.4) is 0 Å². The normalized spacial score (nSPS) is 19.8. The highest BCUT2D eigenvalue weighted by Gasteiger charge is 2.30. The zero-order valence-corrected chi connectivity index (χ0v) is 12.4. The fourth-order valence-electron chi connectivity index (χ4n) is 2.44. The summed E-state index contributed by atoms with van der Waals surface area (Å²) in [5.74, 6) is 4.78. The molecule has 0 unspecified atom stereocenters. The van der Waals surface area contributed by atoms with Crippen molar-refractivity contribution in [1.82, 2.24) is 20.2 Å². The molecule has 0 saturated carbocycles. The number of nitrogen functional groups attached to an aromatic ring is 1. The molecule has 6 nitrogen and oxygen atoms in total. The van der Waals surface area contributed by atoms with Gasteiger partial charge in [-0.05, 0) is 33.0 Å². The van der Waals surface area contributed by atoms with Gasteiger partial charge in [-0.15, -0.1) is 0 Å². The Hall–Kier alpha value is -1.50. The molecule has 110 valence electrons. The molecule has 1 saturated heterocycles. The Balaban J connectivity index is 1.99. The topological polar surface area (TPSA) is 74.5 Å². The molecule has 0 aliphatic carbocycles. The second-order valence-electron chi connectivity index (χ2n) is 5.96. The Morgan fingerprint density at radius 2 is 2.20 bits per heavy atom. The van der Waals surface area contributed by atoms with Gasteiger partial charge >= 0.3 is 0 Å². The number of nitrogens with one attached hydrogen (secondary N) is 1. The number of rotatable bonds is 3. The molecule has 0 spiro atoms. The maximum atomic E-state index is 11.3. The fraction of sp³-hybridized carbons (Fsp3) is 0.571. The van der Waals surface area contributed by atoms with E-state index in [9.17, 15) is 4.79 Å². The number of hydrogen-bond acceptors (Lipinski definition) is 5. The van der Waals surface area contributed by atoms with E-state index in [4.69, 9.17) is 5.84 Å². The number of pyridine rings is 1. The van der Waals surface area contributed by atoms with Crippen molar-refractivity contribution in [2.75, 3.05) is 26.7 Å². The number of carbonyl (C=O) groups excluding carboxylic acids is 1. The van der Waals surface area contributed by atoms with Crippen LogP contribution in [0.25, 0.3) is 0 Å². The zero-order chi connectivity index (χ0) is 14.8. The van der Waals surface area contributed by atoms with E-state index in [1.54, 1.807) is 12.3 Å². The van der Waals surface area contributed by atoms with Crippen molar-refractivity contribution < 1.29 is 4.79 Å². The van der Waals surface area contributed by atoms with E-state index < -0.39 is 0 Å². The predicted molar refractivity (Wildman–Crippen MR) is 77.9 cm³/mol. The van der Waals surface area contributed by atoms with Gasteiger partial charge in [-0.25, -0.2) is 5.84 Å². The first-order chi connectivity index (χ1) is 9.42.